The summed E-state index contributed by atoms with van der Waals surface area (Å²) in [6, 6.07) is 10.3. The van der Waals surface area contributed by atoms with Gasteiger partial charge in [-0.2, -0.15) is 0 Å². The highest BCUT2D eigenvalue weighted by Gasteiger charge is 1.95. The second-order valence-electron chi connectivity index (χ2n) is 8.22. The number of benzene rings is 1. The number of hydrogen-bond donors (Lipinski definition) is 1. The molecule has 1 aromatic rings. The van der Waals surface area contributed by atoms with E-state index in [4.69, 9.17) is 5.11 Å². The van der Waals surface area contributed by atoms with Gasteiger partial charge in [0.15, 0.2) is 0 Å². The van der Waals surface area contributed by atoms with Gasteiger partial charge in [-0.1, -0.05) is 104 Å². The van der Waals surface area contributed by atoms with E-state index in [9.17, 15) is 0 Å². The molecule has 1 N–H and O–H groups in total. The van der Waals surface area contributed by atoms with E-state index in [0.29, 0.717) is 11.2 Å². The van der Waals surface area contributed by atoms with Gasteiger partial charge in [-0.15, -0.1) is 0 Å². The van der Waals surface area contributed by atoms with Crippen LogP contribution in [0.25, 0.3) is 0 Å². The fraction of sp³-hybridized carbons (Fsp3) is 0.583. The SMILES string of the molecule is C/C(O)=C\C=C(/C)Cc1ccccc1.CC.CC(C)(C)C.CC(C)C. The molecule has 0 aliphatic heterocycles. The summed E-state index contributed by atoms with van der Waals surface area (Å²) in [4.78, 5) is 0. The zero-order chi connectivity index (χ0) is 20.5. The van der Waals surface area contributed by atoms with Crippen LogP contribution in [0.3, 0.4) is 0 Å². The molecule has 1 rings (SSSR count). The van der Waals surface area contributed by atoms with Crippen LogP contribution >= 0.6 is 0 Å². The largest absolute Gasteiger partial charge is 0.513 e. The van der Waals surface area contributed by atoms with E-state index in [1.165, 1.54) is 11.1 Å². The number of hydrogen-bond acceptors (Lipinski definition) is 1. The van der Waals surface area contributed by atoms with E-state index in [1.54, 1.807) is 13.0 Å². The molecule has 1 aromatic carbocycles. The van der Waals surface area contributed by atoms with E-state index in [-0.39, 0.29) is 0 Å². The Morgan fingerprint density at radius 1 is 0.920 bits per heavy atom. The maximum absolute atomic E-state index is 8.98. The molecule has 0 heterocycles. The molecule has 0 amide bonds. The molecule has 0 aromatic heterocycles. The second-order valence-corrected chi connectivity index (χ2v) is 8.22. The van der Waals surface area contributed by atoms with Gasteiger partial charge in [-0.3, -0.25) is 0 Å². The van der Waals surface area contributed by atoms with Crippen molar-refractivity contribution in [2.75, 3.05) is 0 Å². The van der Waals surface area contributed by atoms with Gasteiger partial charge >= 0.3 is 0 Å². The molecule has 1 heteroatoms. The molecule has 0 atom stereocenters. The molecule has 0 aliphatic rings. The van der Waals surface area contributed by atoms with E-state index < -0.39 is 0 Å². The maximum Gasteiger partial charge on any atom is 0.0891 e. The van der Waals surface area contributed by atoms with E-state index in [2.05, 4.69) is 67.5 Å². The number of aliphatic hydroxyl groups excluding tert-OH is 1. The molecule has 0 saturated carbocycles. The molecule has 0 aliphatic carbocycles. The minimum Gasteiger partial charge on any atom is -0.513 e. The Labute approximate surface area is 158 Å². The molecule has 0 spiro atoms. The Balaban J connectivity index is -0.000000365. The van der Waals surface area contributed by atoms with Gasteiger partial charge in [-0.05, 0) is 43.2 Å². The molecule has 0 unspecified atom stereocenters. The van der Waals surface area contributed by atoms with Crippen LogP contribution in [-0.4, -0.2) is 5.11 Å². The van der Waals surface area contributed by atoms with E-state index in [1.807, 2.05) is 38.1 Å². The van der Waals surface area contributed by atoms with Crippen molar-refractivity contribution in [3.05, 3.63) is 59.4 Å². The van der Waals surface area contributed by atoms with Gasteiger partial charge in [0.05, 0.1) is 5.76 Å². The highest BCUT2D eigenvalue weighted by molar-refractivity contribution is 5.23. The van der Waals surface area contributed by atoms with Crippen molar-refractivity contribution < 1.29 is 5.11 Å². The molecule has 146 valence electrons. The zero-order valence-electron chi connectivity index (χ0n) is 18.8. The molecule has 25 heavy (non-hydrogen) atoms. The van der Waals surface area contributed by atoms with Crippen LogP contribution in [-0.2, 0) is 6.42 Å². The Morgan fingerprint density at radius 2 is 1.28 bits per heavy atom. The molecule has 1 nitrogen and oxygen atoms in total. The van der Waals surface area contributed by atoms with Gasteiger partial charge in [0.25, 0.3) is 0 Å². The lowest BCUT2D eigenvalue weighted by molar-refractivity contribution is 0.414. The summed E-state index contributed by atoms with van der Waals surface area (Å²) in [6.45, 7) is 23.0. The molecular weight excluding hydrogens is 304 g/mol. The Hall–Kier alpha value is -1.50. The Bertz CT molecular complexity index is 432. The highest BCUT2D eigenvalue weighted by Crippen LogP contribution is 2.08. The van der Waals surface area contributed by atoms with Crippen molar-refractivity contribution in [3.8, 4) is 0 Å². The summed E-state index contributed by atoms with van der Waals surface area (Å²) in [7, 11) is 0. The van der Waals surface area contributed by atoms with Gasteiger partial charge in [0, 0.05) is 0 Å². The summed E-state index contributed by atoms with van der Waals surface area (Å²) in [6.07, 6.45) is 4.60. The monoisotopic (exact) mass is 348 g/mol. The van der Waals surface area contributed by atoms with Crippen molar-refractivity contribution in [2.24, 2.45) is 11.3 Å². The fourth-order valence-corrected chi connectivity index (χ4v) is 1.24. The number of rotatable bonds is 3. The van der Waals surface area contributed by atoms with Crippen molar-refractivity contribution in [2.45, 2.75) is 82.6 Å². The van der Waals surface area contributed by atoms with E-state index in [0.717, 1.165) is 12.3 Å². The lowest BCUT2D eigenvalue weighted by atomic mass is 10.0. The van der Waals surface area contributed by atoms with Crippen molar-refractivity contribution in [3.63, 3.8) is 0 Å². The van der Waals surface area contributed by atoms with Gasteiger partial charge < -0.3 is 5.11 Å². The Kier molecular flexibility index (Phi) is 19.6. The summed E-state index contributed by atoms with van der Waals surface area (Å²) >= 11 is 0. The highest BCUT2D eigenvalue weighted by atomic mass is 16.3. The first-order valence-corrected chi connectivity index (χ1v) is 9.48. The number of allylic oxidation sites excluding steroid dienone is 4. The minimum absolute atomic E-state index is 0.345. The topological polar surface area (TPSA) is 20.2 Å². The first-order chi connectivity index (χ1) is 11.4. The maximum atomic E-state index is 8.98. The third-order valence-corrected chi connectivity index (χ3v) is 1.93. The van der Waals surface area contributed by atoms with Crippen molar-refractivity contribution in [1.82, 2.24) is 0 Å². The van der Waals surface area contributed by atoms with Crippen LogP contribution < -0.4 is 0 Å². The summed E-state index contributed by atoms with van der Waals surface area (Å²) < 4.78 is 0. The quantitative estimate of drug-likeness (QED) is 0.429. The first kappa shape index (κ1) is 28.3. The van der Waals surface area contributed by atoms with Crippen LogP contribution in [0, 0.1) is 11.3 Å². The average Bonchev–Trinajstić information content (AvgIpc) is 2.46. The minimum atomic E-state index is 0.345. The van der Waals surface area contributed by atoms with Crippen LogP contribution in [0.1, 0.15) is 81.7 Å². The molecule has 0 saturated heterocycles. The lowest BCUT2D eigenvalue weighted by Gasteiger charge is -2.05. The average molecular weight is 349 g/mol. The molecule has 0 fully saturated rings. The van der Waals surface area contributed by atoms with Crippen molar-refractivity contribution >= 4 is 0 Å². The lowest BCUT2D eigenvalue weighted by Crippen LogP contribution is -1.93. The third kappa shape index (κ3) is 39.4. The Morgan fingerprint density at radius 3 is 1.60 bits per heavy atom. The second kappa shape index (κ2) is 17.3. The number of aliphatic hydroxyl groups is 1. The smallest absolute Gasteiger partial charge is 0.0891 e. The van der Waals surface area contributed by atoms with Crippen LogP contribution in [0.5, 0.6) is 0 Å². The van der Waals surface area contributed by atoms with Gasteiger partial charge in [-0.25, -0.2) is 0 Å². The third-order valence-electron chi connectivity index (χ3n) is 1.93. The zero-order valence-corrected chi connectivity index (χ0v) is 18.8. The first-order valence-electron chi connectivity index (χ1n) is 9.48. The predicted octanol–water partition coefficient (Wildman–Crippen LogP) is 8.38. The van der Waals surface area contributed by atoms with Gasteiger partial charge in [0.2, 0.25) is 0 Å². The van der Waals surface area contributed by atoms with Crippen LogP contribution in [0.4, 0.5) is 0 Å². The summed E-state index contributed by atoms with van der Waals surface area (Å²) in [5.74, 6) is 1.18. The van der Waals surface area contributed by atoms with E-state index >= 15 is 0 Å². The molecule has 0 radical (unpaired) electrons. The molecular formula is C24H44O. The van der Waals surface area contributed by atoms with Crippen molar-refractivity contribution in [1.29, 1.82) is 0 Å². The predicted molar refractivity (Wildman–Crippen MR) is 117 cm³/mol. The van der Waals surface area contributed by atoms with Gasteiger partial charge in [0.1, 0.15) is 0 Å². The summed E-state index contributed by atoms with van der Waals surface area (Å²) in [5.41, 5.74) is 3.04. The standard InChI is InChI=1S/C13H16O.C5H12.C4H10.C2H6/c1-11(8-9-12(2)14)10-13-6-4-3-5-7-13;1-5(2,3)4;1-4(2)3;1-2/h3-9,14H,10H2,1-2H3;1-4H3;4H,1-3H3;1-2H3/b11-8+,12-9+;;;. The normalized spacial score (nSPS) is 11.4. The van der Waals surface area contributed by atoms with Crippen LogP contribution in [0.2, 0.25) is 0 Å². The summed E-state index contributed by atoms with van der Waals surface area (Å²) in [5, 5.41) is 8.98. The van der Waals surface area contributed by atoms with Crippen LogP contribution in [0.15, 0.2) is 53.8 Å². The molecule has 0 bridgehead atoms. The fourth-order valence-electron chi connectivity index (χ4n) is 1.24.